The number of hydrogen-bond acceptors (Lipinski definition) is 2. The molecule has 0 saturated heterocycles. The highest BCUT2D eigenvalue weighted by Gasteiger charge is 2.34. The molecule has 96 valence electrons. The highest BCUT2D eigenvalue weighted by Crippen LogP contribution is 2.44. The van der Waals surface area contributed by atoms with Gasteiger partial charge in [-0.25, -0.2) is 0 Å². The molecule has 2 bridgehead atoms. The first-order valence-electron chi connectivity index (χ1n) is 6.74. The van der Waals surface area contributed by atoms with Gasteiger partial charge in [0, 0.05) is 18.9 Å². The Morgan fingerprint density at radius 3 is 3.00 bits per heavy atom. The summed E-state index contributed by atoms with van der Waals surface area (Å²) >= 11 is 0. The third kappa shape index (κ3) is 2.47. The fourth-order valence-electron chi connectivity index (χ4n) is 3.22. The number of carbonyl (C=O) groups is 1. The Balaban J connectivity index is 1.37. The van der Waals surface area contributed by atoms with Gasteiger partial charge in [-0.2, -0.15) is 5.10 Å². The van der Waals surface area contributed by atoms with Crippen LogP contribution in [-0.4, -0.2) is 22.2 Å². The number of hydrogen-bond donors (Lipinski definition) is 1. The van der Waals surface area contributed by atoms with Crippen molar-refractivity contribution in [1.29, 1.82) is 0 Å². The van der Waals surface area contributed by atoms with Crippen LogP contribution in [0.25, 0.3) is 0 Å². The Morgan fingerprint density at radius 1 is 1.39 bits per heavy atom. The van der Waals surface area contributed by atoms with Gasteiger partial charge in [0.15, 0.2) is 0 Å². The molecule has 2 aliphatic rings. The Bertz CT molecular complexity index is 438. The Morgan fingerprint density at radius 2 is 2.33 bits per heavy atom. The van der Waals surface area contributed by atoms with Crippen molar-refractivity contribution in [3.63, 3.8) is 0 Å². The summed E-state index contributed by atoms with van der Waals surface area (Å²) in [5, 5.41) is 7.00. The Hall–Kier alpha value is -1.58. The average molecular weight is 245 g/mol. The molecule has 0 spiro atoms. The fraction of sp³-hybridized carbons (Fsp3) is 0.571. The topological polar surface area (TPSA) is 46.9 Å². The lowest BCUT2D eigenvalue weighted by Gasteiger charge is -2.17. The van der Waals surface area contributed by atoms with Gasteiger partial charge in [-0.3, -0.25) is 9.48 Å². The molecule has 3 rings (SSSR count). The molecule has 0 aromatic carbocycles. The van der Waals surface area contributed by atoms with Gasteiger partial charge in [0.25, 0.3) is 0 Å². The standard InChI is InChI=1S/C14H19N3O/c18-14(10-17-7-1-5-16-17)15-6-4-13-9-11-2-3-12(13)8-11/h1-3,5,7,11-13H,4,6,8-10H2,(H,15,18)/t11-,12+,13-/m1/s1. The molecule has 4 nitrogen and oxygen atoms in total. The summed E-state index contributed by atoms with van der Waals surface area (Å²) in [6, 6.07) is 1.83. The highest BCUT2D eigenvalue weighted by molar-refractivity contribution is 5.75. The van der Waals surface area contributed by atoms with Crippen LogP contribution in [0.2, 0.25) is 0 Å². The monoisotopic (exact) mass is 245 g/mol. The van der Waals surface area contributed by atoms with E-state index < -0.39 is 0 Å². The van der Waals surface area contributed by atoms with Crippen molar-refractivity contribution in [2.75, 3.05) is 6.54 Å². The zero-order chi connectivity index (χ0) is 12.4. The van der Waals surface area contributed by atoms with Crippen molar-refractivity contribution in [2.24, 2.45) is 17.8 Å². The number of aromatic nitrogens is 2. The average Bonchev–Trinajstić information content (AvgIpc) is 3.04. The van der Waals surface area contributed by atoms with Crippen LogP contribution >= 0.6 is 0 Å². The molecule has 1 N–H and O–H groups in total. The normalized spacial score (nSPS) is 28.8. The zero-order valence-corrected chi connectivity index (χ0v) is 10.5. The molecule has 1 saturated carbocycles. The summed E-state index contributed by atoms with van der Waals surface area (Å²) in [6.45, 7) is 1.12. The third-order valence-corrected chi connectivity index (χ3v) is 4.12. The zero-order valence-electron chi connectivity index (χ0n) is 10.5. The van der Waals surface area contributed by atoms with Crippen LogP contribution < -0.4 is 5.32 Å². The predicted molar refractivity (Wildman–Crippen MR) is 68.7 cm³/mol. The largest absolute Gasteiger partial charge is 0.354 e. The van der Waals surface area contributed by atoms with Gasteiger partial charge in [0.2, 0.25) is 5.91 Å². The van der Waals surface area contributed by atoms with E-state index in [9.17, 15) is 4.79 Å². The molecular formula is C14H19N3O. The van der Waals surface area contributed by atoms with E-state index in [1.807, 2.05) is 6.07 Å². The number of fused-ring (bicyclic) bond motifs is 2. The lowest BCUT2D eigenvalue weighted by Crippen LogP contribution is -2.30. The molecule has 2 aliphatic carbocycles. The minimum atomic E-state index is 0.0531. The van der Waals surface area contributed by atoms with E-state index in [1.54, 1.807) is 17.1 Å². The first-order chi connectivity index (χ1) is 8.81. The maximum absolute atomic E-state index is 11.7. The Kier molecular flexibility index (Phi) is 3.17. The maximum Gasteiger partial charge on any atom is 0.241 e. The van der Waals surface area contributed by atoms with Crippen LogP contribution in [0.1, 0.15) is 19.3 Å². The van der Waals surface area contributed by atoms with Gasteiger partial charge in [-0.05, 0) is 43.1 Å². The minimum Gasteiger partial charge on any atom is -0.354 e. The minimum absolute atomic E-state index is 0.0531. The van der Waals surface area contributed by atoms with E-state index >= 15 is 0 Å². The number of amides is 1. The van der Waals surface area contributed by atoms with Gasteiger partial charge < -0.3 is 5.32 Å². The molecule has 18 heavy (non-hydrogen) atoms. The van der Waals surface area contributed by atoms with Crippen LogP contribution in [0.15, 0.2) is 30.6 Å². The van der Waals surface area contributed by atoms with Gasteiger partial charge in [0.1, 0.15) is 6.54 Å². The highest BCUT2D eigenvalue weighted by atomic mass is 16.2. The Labute approximate surface area is 107 Å². The SMILES string of the molecule is O=C(Cn1cccn1)NCC[C@@H]1C[C@@H]2C=C[C@H]1C2. The van der Waals surface area contributed by atoms with Crippen LogP contribution in [0.4, 0.5) is 0 Å². The second kappa shape index (κ2) is 4.96. The number of nitrogens with one attached hydrogen (secondary N) is 1. The molecule has 1 heterocycles. The van der Waals surface area contributed by atoms with Crippen molar-refractivity contribution >= 4 is 5.91 Å². The van der Waals surface area contributed by atoms with Crippen LogP contribution in [-0.2, 0) is 11.3 Å². The van der Waals surface area contributed by atoms with Crippen LogP contribution in [0, 0.1) is 17.8 Å². The summed E-state index contributed by atoms with van der Waals surface area (Å²) in [6.07, 6.45) is 12.0. The number of rotatable bonds is 5. The molecule has 0 radical (unpaired) electrons. The number of nitrogens with zero attached hydrogens (tertiary/aromatic N) is 2. The molecule has 1 aromatic rings. The van der Waals surface area contributed by atoms with E-state index in [2.05, 4.69) is 22.6 Å². The number of allylic oxidation sites excluding steroid dienone is 2. The molecule has 3 atom stereocenters. The lowest BCUT2D eigenvalue weighted by molar-refractivity contribution is -0.121. The molecule has 4 heteroatoms. The molecule has 1 fully saturated rings. The number of carbonyl (C=O) groups excluding carboxylic acids is 1. The molecular weight excluding hydrogens is 226 g/mol. The van der Waals surface area contributed by atoms with E-state index in [1.165, 1.54) is 12.8 Å². The van der Waals surface area contributed by atoms with E-state index in [-0.39, 0.29) is 5.91 Å². The fourth-order valence-corrected chi connectivity index (χ4v) is 3.22. The van der Waals surface area contributed by atoms with E-state index in [0.717, 1.165) is 30.7 Å². The summed E-state index contributed by atoms with van der Waals surface area (Å²) < 4.78 is 1.65. The van der Waals surface area contributed by atoms with Gasteiger partial charge in [0.05, 0.1) is 0 Å². The van der Waals surface area contributed by atoms with E-state index in [4.69, 9.17) is 0 Å². The summed E-state index contributed by atoms with van der Waals surface area (Å²) in [4.78, 5) is 11.7. The second-order valence-electron chi connectivity index (χ2n) is 5.38. The smallest absolute Gasteiger partial charge is 0.241 e. The third-order valence-electron chi connectivity index (χ3n) is 4.12. The van der Waals surface area contributed by atoms with Gasteiger partial charge >= 0.3 is 0 Å². The molecule has 1 amide bonds. The predicted octanol–water partition coefficient (Wildman–Crippen LogP) is 1.60. The molecule has 0 unspecified atom stereocenters. The van der Waals surface area contributed by atoms with Crippen LogP contribution in [0.5, 0.6) is 0 Å². The maximum atomic E-state index is 11.7. The quantitative estimate of drug-likeness (QED) is 0.801. The van der Waals surface area contributed by atoms with Crippen molar-refractivity contribution in [3.05, 3.63) is 30.6 Å². The van der Waals surface area contributed by atoms with E-state index in [0.29, 0.717) is 6.54 Å². The first kappa shape index (κ1) is 11.5. The van der Waals surface area contributed by atoms with Crippen molar-refractivity contribution < 1.29 is 4.79 Å². The lowest BCUT2D eigenvalue weighted by atomic mass is 9.91. The van der Waals surface area contributed by atoms with Gasteiger partial charge in [-0.1, -0.05) is 12.2 Å². The summed E-state index contributed by atoms with van der Waals surface area (Å²) in [5.74, 6) is 2.43. The first-order valence-corrected chi connectivity index (χ1v) is 6.74. The summed E-state index contributed by atoms with van der Waals surface area (Å²) in [5.41, 5.74) is 0. The van der Waals surface area contributed by atoms with Crippen molar-refractivity contribution in [2.45, 2.75) is 25.8 Å². The van der Waals surface area contributed by atoms with Crippen molar-refractivity contribution in [3.8, 4) is 0 Å². The molecule has 0 aliphatic heterocycles. The van der Waals surface area contributed by atoms with Crippen LogP contribution in [0.3, 0.4) is 0 Å². The second-order valence-corrected chi connectivity index (χ2v) is 5.38. The summed E-state index contributed by atoms with van der Waals surface area (Å²) in [7, 11) is 0. The van der Waals surface area contributed by atoms with Gasteiger partial charge in [-0.15, -0.1) is 0 Å². The van der Waals surface area contributed by atoms with Crippen molar-refractivity contribution in [1.82, 2.24) is 15.1 Å². The molecule has 1 aromatic heterocycles.